The van der Waals surface area contributed by atoms with E-state index < -0.39 is 0 Å². The Morgan fingerprint density at radius 2 is 1.94 bits per heavy atom. The number of ether oxygens (including phenoxy) is 1. The number of thiazole rings is 1. The van der Waals surface area contributed by atoms with E-state index in [4.69, 9.17) is 9.72 Å². The maximum atomic E-state index is 13.3. The largest absolute Gasteiger partial charge is 0.494 e. The summed E-state index contributed by atoms with van der Waals surface area (Å²) in [6.45, 7) is 7.30. The number of hydrogen-bond donors (Lipinski definition) is 0. The van der Waals surface area contributed by atoms with Crippen LogP contribution in [0.25, 0.3) is 10.2 Å². The van der Waals surface area contributed by atoms with Gasteiger partial charge in [0, 0.05) is 51.7 Å². The SMILES string of the molecule is CCOc1ccc2nc(N3CCC[C@H](C(=O)N4CCN(c5ncccn5)CC4)C3)sc2c1. The lowest BCUT2D eigenvalue weighted by atomic mass is 9.96. The van der Waals surface area contributed by atoms with Crippen LogP contribution in [0.4, 0.5) is 11.1 Å². The Morgan fingerprint density at radius 1 is 1.12 bits per heavy atom. The van der Waals surface area contributed by atoms with Crippen molar-refractivity contribution < 1.29 is 9.53 Å². The molecule has 2 saturated heterocycles. The van der Waals surface area contributed by atoms with Gasteiger partial charge < -0.3 is 19.4 Å². The summed E-state index contributed by atoms with van der Waals surface area (Å²) in [4.78, 5) is 33.2. The van der Waals surface area contributed by atoms with Gasteiger partial charge in [0.1, 0.15) is 5.75 Å². The fourth-order valence-corrected chi connectivity index (χ4v) is 5.51. The Labute approximate surface area is 191 Å². The molecule has 8 nitrogen and oxygen atoms in total. The predicted octanol–water partition coefficient (Wildman–Crippen LogP) is 3.05. The monoisotopic (exact) mass is 452 g/mol. The first-order valence-electron chi connectivity index (χ1n) is 11.3. The zero-order chi connectivity index (χ0) is 21.9. The summed E-state index contributed by atoms with van der Waals surface area (Å²) in [6, 6.07) is 7.87. The van der Waals surface area contributed by atoms with E-state index in [0.29, 0.717) is 6.61 Å². The standard InChI is InChI=1S/C23H28N6O2S/c1-2-31-18-6-7-19-20(15-18)32-23(26-19)29-10-3-5-17(16-29)21(30)27-11-13-28(14-12-27)22-24-8-4-9-25-22/h4,6-9,15,17H,2-3,5,10-14,16H2,1H3/t17-/m0/s1. The molecule has 0 N–H and O–H groups in total. The number of anilines is 2. The molecule has 2 aliphatic heterocycles. The van der Waals surface area contributed by atoms with Crippen LogP contribution in [0.2, 0.25) is 0 Å². The number of rotatable bonds is 5. The van der Waals surface area contributed by atoms with Crippen LogP contribution in [-0.2, 0) is 4.79 Å². The van der Waals surface area contributed by atoms with Gasteiger partial charge in [0.15, 0.2) is 5.13 Å². The van der Waals surface area contributed by atoms with E-state index in [1.165, 1.54) is 0 Å². The van der Waals surface area contributed by atoms with E-state index in [-0.39, 0.29) is 11.8 Å². The molecule has 168 valence electrons. The summed E-state index contributed by atoms with van der Waals surface area (Å²) >= 11 is 1.68. The molecule has 0 spiro atoms. The molecule has 0 bridgehead atoms. The van der Waals surface area contributed by atoms with E-state index >= 15 is 0 Å². The van der Waals surface area contributed by atoms with E-state index in [0.717, 1.165) is 79.2 Å². The Bertz CT molecular complexity index is 1070. The summed E-state index contributed by atoms with van der Waals surface area (Å²) < 4.78 is 6.75. The lowest BCUT2D eigenvalue weighted by molar-refractivity contribution is -0.136. The number of amides is 1. The minimum absolute atomic E-state index is 0.0225. The zero-order valence-corrected chi connectivity index (χ0v) is 19.1. The maximum Gasteiger partial charge on any atom is 0.227 e. The highest BCUT2D eigenvalue weighted by Crippen LogP contribution is 2.34. The summed E-state index contributed by atoms with van der Waals surface area (Å²) in [5, 5.41) is 0.997. The van der Waals surface area contributed by atoms with Gasteiger partial charge in [-0.05, 0) is 44.0 Å². The molecule has 2 aliphatic rings. The Balaban J connectivity index is 1.22. The van der Waals surface area contributed by atoms with Gasteiger partial charge in [-0.3, -0.25) is 4.79 Å². The molecular formula is C23H28N6O2S. The molecule has 9 heteroatoms. The molecule has 2 fully saturated rings. The first-order valence-corrected chi connectivity index (χ1v) is 12.1. The van der Waals surface area contributed by atoms with Crippen molar-refractivity contribution in [3.05, 3.63) is 36.7 Å². The van der Waals surface area contributed by atoms with Gasteiger partial charge in [0.05, 0.1) is 22.7 Å². The quantitative estimate of drug-likeness (QED) is 0.589. The molecule has 1 atom stereocenters. The minimum atomic E-state index is 0.0225. The number of hydrogen-bond acceptors (Lipinski definition) is 8. The van der Waals surface area contributed by atoms with Gasteiger partial charge >= 0.3 is 0 Å². The number of fused-ring (bicyclic) bond motifs is 1. The average Bonchev–Trinajstić information content (AvgIpc) is 3.28. The molecule has 1 aromatic carbocycles. The topological polar surface area (TPSA) is 74.7 Å². The van der Waals surface area contributed by atoms with Crippen molar-refractivity contribution in [1.29, 1.82) is 0 Å². The summed E-state index contributed by atoms with van der Waals surface area (Å²) in [5.41, 5.74) is 0.987. The maximum absolute atomic E-state index is 13.3. The normalized spacial score (nSPS) is 19.4. The van der Waals surface area contributed by atoms with Gasteiger partial charge in [-0.15, -0.1) is 0 Å². The van der Waals surface area contributed by atoms with Crippen LogP contribution in [-0.4, -0.2) is 71.6 Å². The zero-order valence-electron chi connectivity index (χ0n) is 18.3. The number of aromatic nitrogens is 3. The number of carbonyl (C=O) groups is 1. The number of piperazine rings is 1. The highest BCUT2D eigenvalue weighted by Gasteiger charge is 2.32. The van der Waals surface area contributed by atoms with Crippen LogP contribution in [0.1, 0.15) is 19.8 Å². The van der Waals surface area contributed by atoms with Crippen LogP contribution < -0.4 is 14.5 Å². The smallest absolute Gasteiger partial charge is 0.227 e. The van der Waals surface area contributed by atoms with Crippen LogP contribution in [0, 0.1) is 5.92 Å². The highest BCUT2D eigenvalue weighted by molar-refractivity contribution is 7.22. The molecular weight excluding hydrogens is 424 g/mol. The Kier molecular flexibility index (Phi) is 6.07. The molecule has 3 aromatic rings. The molecule has 0 aliphatic carbocycles. The fraction of sp³-hybridized carbons (Fsp3) is 0.478. The second-order valence-corrected chi connectivity index (χ2v) is 9.21. The second kappa shape index (κ2) is 9.28. The van der Waals surface area contributed by atoms with Crippen molar-refractivity contribution in [3.63, 3.8) is 0 Å². The lowest BCUT2D eigenvalue weighted by Gasteiger charge is -2.39. The molecule has 0 radical (unpaired) electrons. The van der Waals surface area contributed by atoms with Crippen molar-refractivity contribution in [2.45, 2.75) is 19.8 Å². The number of carbonyl (C=O) groups excluding carboxylic acids is 1. The van der Waals surface area contributed by atoms with Gasteiger partial charge in [0.25, 0.3) is 0 Å². The summed E-state index contributed by atoms with van der Waals surface area (Å²) in [5.74, 6) is 1.91. The van der Waals surface area contributed by atoms with Crippen molar-refractivity contribution >= 4 is 38.5 Å². The van der Waals surface area contributed by atoms with Gasteiger partial charge in [-0.25, -0.2) is 15.0 Å². The molecule has 1 amide bonds. The number of piperidine rings is 1. The van der Waals surface area contributed by atoms with E-state index in [1.807, 2.05) is 30.0 Å². The van der Waals surface area contributed by atoms with E-state index in [9.17, 15) is 4.79 Å². The summed E-state index contributed by atoms with van der Waals surface area (Å²) in [7, 11) is 0. The second-order valence-electron chi connectivity index (χ2n) is 8.21. The van der Waals surface area contributed by atoms with Gasteiger partial charge in [-0.2, -0.15) is 0 Å². The highest BCUT2D eigenvalue weighted by atomic mass is 32.1. The molecule has 32 heavy (non-hydrogen) atoms. The molecule has 4 heterocycles. The first-order chi connectivity index (χ1) is 15.7. The fourth-order valence-electron chi connectivity index (χ4n) is 4.48. The third-order valence-corrected chi connectivity index (χ3v) is 7.21. The van der Waals surface area contributed by atoms with Crippen LogP contribution in [0.5, 0.6) is 5.75 Å². The van der Waals surface area contributed by atoms with Gasteiger partial charge in [-0.1, -0.05) is 11.3 Å². The molecule has 2 aromatic heterocycles. The van der Waals surface area contributed by atoms with Crippen molar-refractivity contribution in [3.8, 4) is 5.75 Å². The van der Waals surface area contributed by atoms with Crippen LogP contribution in [0.15, 0.2) is 36.7 Å². The molecule has 5 rings (SSSR count). The van der Waals surface area contributed by atoms with E-state index in [1.54, 1.807) is 23.7 Å². The van der Waals surface area contributed by atoms with Crippen molar-refractivity contribution in [1.82, 2.24) is 19.9 Å². The predicted molar refractivity (Wildman–Crippen MR) is 127 cm³/mol. The summed E-state index contributed by atoms with van der Waals surface area (Å²) in [6.07, 6.45) is 5.47. The van der Waals surface area contributed by atoms with Crippen molar-refractivity contribution in [2.24, 2.45) is 5.92 Å². The molecule has 0 unspecified atom stereocenters. The average molecular weight is 453 g/mol. The third-order valence-electron chi connectivity index (χ3n) is 6.13. The first kappa shape index (κ1) is 20.9. The number of benzene rings is 1. The third kappa shape index (κ3) is 4.34. The Morgan fingerprint density at radius 3 is 2.72 bits per heavy atom. The molecule has 0 saturated carbocycles. The van der Waals surface area contributed by atoms with Crippen LogP contribution >= 0.6 is 11.3 Å². The Hall–Kier alpha value is -2.94. The van der Waals surface area contributed by atoms with Gasteiger partial charge in [0.2, 0.25) is 11.9 Å². The number of nitrogens with zero attached hydrogens (tertiary/aromatic N) is 6. The van der Waals surface area contributed by atoms with Crippen molar-refractivity contribution in [2.75, 3.05) is 55.7 Å². The lowest BCUT2D eigenvalue weighted by Crippen LogP contribution is -2.53. The van der Waals surface area contributed by atoms with Crippen LogP contribution in [0.3, 0.4) is 0 Å². The minimum Gasteiger partial charge on any atom is -0.494 e. The van der Waals surface area contributed by atoms with E-state index in [2.05, 4.69) is 25.8 Å².